The lowest BCUT2D eigenvalue weighted by atomic mass is 10.2. The molecule has 15 heavy (non-hydrogen) atoms. The maximum Gasteiger partial charge on any atom is 0.343 e. The van der Waals surface area contributed by atoms with E-state index in [2.05, 4.69) is 25.7 Å². The fraction of sp³-hybridized carbons (Fsp3) is 0.250. The van der Waals surface area contributed by atoms with E-state index in [-0.39, 0.29) is 4.47 Å². The summed E-state index contributed by atoms with van der Waals surface area (Å²) in [4.78, 5) is 14.0. The van der Waals surface area contributed by atoms with E-state index < -0.39 is 29.6 Å². The van der Waals surface area contributed by atoms with Gasteiger partial charge in [-0.2, -0.15) is 4.39 Å². The summed E-state index contributed by atoms with van der Waals surface area (Å²) in [6.45, 7) is 0. The highest BCUT2D eigenvalue weighted by atomic mass is 79.9. The molecule has 82 valence electrons. The van der Waals surface area contributed by atoms with E-state index >= 15 is 0 Å². The Morgan fingerprint density at radius 2 is 2.20 bits per heavy atom. The number of halogens is 4. The van der Waals surface area contributed by atoms with Crippen molar-refractivity contribution in [3.8, 4) is 0 Å². The monoisotopic (exact) mass is 283 g/mol. The Kier molecular flexibility index (Phi) is 3.67. The van der Waals surface area contributed by atoms with Crippen molar-refractivity contribution in [2.45, 2.75) is 6.43 Å². The molecule has 0 saturated heterocycles. The minimum atomic E-state index is -2.90. The Morgan fingerprint density at radius 3 is 2.60 bits per heavy atom. The Morgan fingerprint density at radius 1 is 1.60 bits per heavy atom. The van der Waals surface area contributed by atoms with Crippen molar-refractivity contribution in [3.05, 3.63) is 27.7 Å². The number of nitrogens with zero attached hydrogens (tertiary/aromatic N) is 1. The molecule has 0 aliphatic carbocycles. The third-order valence-corrected chi connectivity index (χ3v) is 2.19. The maximum absolute atomic E-state index is 13.1. The van der Waals surface area contributed by atoms with Crippen molar-refractivity contribution in [2.75, 3.05) is 7.11 Å². The second kappa shape index (κ2) is 4.61. The van der Waals surface area contributed by atoms with Gasteiger partial charge >= 0.3 is 5.97 Å². The zero-order valence-corrected chi connectivity index (χ0v) is 9.02. The fourth-order valence-electron chi connectivity index (χ4n) is 0.898. The number of methoxy groups -OCH3 is 1. The number of pyridine rings is 1. The number of esters is 1. The third-order valence-electron chi connectivity index (χ3n) is 1.56. The molecule has 3 nitrogen and oxygen atoms in total. The first-order valence-electron chi connectivity index (χ1n) is 3.69. The summed E-state index contributed by atoms with van der Waals surface area (Å²) in [5, 5.41) is 0. The number of hydrogen-bond acceptors (Lipinski definition) is 3. The maximum atomic E-state index is 13.1. The van der Waals surface area contributed by atoms with E-state index in [0.717, 1.165) is 13.2 Å². The predicted octanol–water partition coefficient (Wildman–Crippen LogP) is 2.71. The largest absolute Gasteiger partial charge is 0.465 e. The summed E-state index contributed by atoms with van der Waals surface area (Å²) in [6, 6.07) is 0.875. The van der Waals surface area contributed by atoms with Crippen LogP contribution in [0.4, 0.5) is 13.2 Å². The van der Waals surface area contributed by atoms with Crippen LogP contribution in [0, 0.1) is 5.95 Å². The minimum Gasteiger partial charge on any atom is -0.465 e. The number of ether oxygens (including phenoxy) is 1. The molecule has 0 spiro atoms. The van der Waals surface area contributed by atoms with Gasteiger partial charge in [0.25, 0.3) is 6.43 Å². The van der Waals surface area contributed by atoms with Crippen molar-refractivity contribution in [1.29, 1.82) is 0 Å². The molecule has 0 aromatic carbocycles. The summed E-state index contributed by atoms with van der Waals surface area (Å²) < 4.78 is 41.6. The zero-order valence-electron chi connectivity index (χ0n) is 7.43. The van der Waals surface area contributed by atoms with Crippen LogP contribution in [0.15, 0.2) is 10.5 Å². The van der Waals surface area contributed by atoms with Crippen molar-refractivity contribution in [2.24, 2.45) is 0 Å². The second-order valence-electron chi connectivity index (χ2n) is 2.49. The molecular weight excluding hydrogens is 279 g/mol. The lowest BCUT2D eigenvalue weighted by Crippen LogP contribution is -2.09. The van der Waals surface area contributed by atoms with E-state index in [1.54, 1.807) is 0 Å². The van der Waals surface area contributed by atoms with Crippen LogP contribution in [0.3, 0.4) is 0 Å². The molecule has 0 fully saturated rings. The van der Waals surface area contributed by atoms with Crippen LogP contribution in [0.25, 0.3) is 0 Å². The summed E-state index contributed by atoms with van der Waals surface area (Å²) in [5.41, 5.74) is -1.24. The number of carbonyl (C=O) groups excluding carboxylic acids is 1. The van der Waals surface area contributed by atoms with Crippen LogP contribution >= 0.6 is 15.9 Å². The van der Waals surface area contributed by atoms with Crippen LogP contribution in [-0.2, 0) is 4.74 Å². The van der Waals surface area contributed by atoms with Crippen LogP contribution in [-0.4, -0.2) is 18.1 Å². The van der Waals surface area contributed by atoms with Crippen molar-refractivity contribution < 1.29 is 22.7 Å². The molecule has 0 radical (unpaired) electrons. The van der Waals surface area contributed by atoms with Gasteiger partial charge in [0, 0.05) is 4.47 Å². The van der Waals surface area contributed by atoms with Crippen LogP contribution in [0.2, 0.25) is 0 Å². The van der Waals surface area contributed by atoms with E-state index in [1.807, 2.05) is 0 Å². The molecule has 0 unspecified atom stereocenters. The molecule has 1 heterocycles. The van der Waals surface area contributed by atoms with Crippen LogP contribution < -0.4 is 0 Å². The van der Waals surface area contributed by atoms with Gasteiger partial charge in [-0.25, -0.2) is 18.6 Å². The molecule has 0 N–H and O–H groups in total. The van der Waals surface area contributed by atoms with Gasteiger partial charge in [-0.1, -0.05) is 0 Å². The fourth-order valence-corrected chi connectivity index (χ4v) is 1.46. The van der Waals surface area contributed by atoms with Crippen LogP contribution in [0.1, 0.15) is 22.5 Å². The topological polar surface area (TPSA) is 39.2 Å². The Hall–Kier alpha value is -1.11. The number of carbonyl (C=O) groups is 1. The van der Waals surface area contributed by atoms with Gasteiger partial charge in [0.15, 0.2) is 0 Å². The van der Waals surface area contributed by atoms with Gasteiger partial charge in [-0.05, 0) is 22.0 Å². The quantitative estimate of drug-likeness (QED) is 0.619. The number of alkyl halides is 2. The van der Waals surface area contributed by atoms with Gasteiger partial charge < -0.3 is 4.74 Å². The van der Waals surface area contributed by atoms with Crippen molar-refractivity contribution in [1.82, 2.24) is 4.98 Å². The summed E-state index contributed by atoms with van der Waals surface area (Å²) in [5.74, 6) is -2.26. The SMILES string of the molecule is COC(=O)c1c(Br)cc(C(F)F)nc1F. The first kappa shape index (κ1) is 12.0. The molecule has 1 aromatic heterocycles. The zero-order chi connectivity index (χ0) is 11.6. The van der Waals surface area contributed by atoms with Crippen LogP contribution in [0.5, 0.6) is 0 Å². The lowest BCUT2D eigenvalue weighted by molar-refractivity contribution is 0.0592. The smallest absolute Gasteiger partial charge is 0.343 e. The average Bonchev–Trinajstić information content (AvgIpc) is 2.16. The van der Waals surface area contributed by atoms with E-state index in [4.69, 9.17) is 0 Å². The molecule has 0 bridgehead atoms. The third kappa shape index (κ3) is 2.47. The molecule has 0 atom stereocenters. The Bertz CT molecular complexity index is 374. The number of rotatable bonds is 2. The molecule has 0 aliphatic heterocycles. The first-order valence-corrected chi connectivity index (χ1v) is 4.49. The minimum absolute atomic E-state index is 0.114. The number of aromatic nitrogens is 1. The van der Waals surface area contributed by atoms with E-state index in [0.29, 0.717) is 0 Å². The number of hydrogen-bond donors (Lipinski definition) is 0. The molecule has 0 amide bonds. The second-order valence-corrected chi connectivity index (χ2v) is 3.34. The van der Waals surface area contributed by atoms with Gasteiger partial charge in [-0.3, -0.25) is 0 Å². The van der Waals surface area contributed by atoms with E-state index in [9.17, 15) is 18.0 Å². The van der Waals surface area contributed by atoms with Gasteiger partial charge in [0.1, 0.15) is 11.3 Å². The van der Waals surface area contributed by atoms with Gasteiger partial charge in [0.05, 0.1) is 7.11 Å². The normalized spacial score (nSPS) is 10.5. The van der Waals surface area contributed by atoms with Crippen molar-refractivity contribution in [3.63, 3.8) is 0 Å². The van der Waals surface area contributed by atoms with E-state index in [1.165, 1.54) is 0 Å². The summed E-state index contributed by atoms with van der Waals surface area (Å²) in [7, 11) is 1.05. The predicted molar refractivity (Wildman–Crippen MR) is 48.2 cm³/mol. The molecule has 1 aromatic rings. The molecule has 7 heteroatoms. The first-order chi connectivity index (χ1) is 6.97. The van der Waals surface area contributed by atoms with Crippen molar-refractivity contribution >= 4 is 21.9 Å². The highest BCUT2D eigenvalue weighted by molar-refractivity contribution is 9.10. The molecule has 1 rings (SSSR count). The molecular formula is C8H5BrF3NO2. The van der Waals surface area contributed by atoms with Gasteiger partial charge in [-0.15, -0.1) is 0 Å². The lowest BCUT2D eigenvalue weighted by Gasteiger charge is -2.05. The molecule has 0 aliphatic rings. The van der Waals surface area contributed by atoms with Gasteiger partial charge in [0.2, 0.25) is 5.95 Å². The standard InChI is InChI=1S/C8H5BrF3NO2/c1-15-8(14)5-3(9)2-4(6(10)11)13-7(5)12/h2,6H,1H3. The Labute approximate surface area is 91.4 Å². The molecule has 0 saturated carbocycles. The Balaban J connectivity index is 3.27. The highest BCUT2D eigenvalue weighted by Crippen LogP contribution is 2.25. The summed E-state index contributed by atoms with van der Waals surface area (Å²) >= 11 is 2.79. The summed E-state index contributed by atoms with van der Waals surface area (Å²) in [6.07, 6.45) is -2.90. The average molecular weight is 284 g/mol. The highest BCUT2D eigenvalue weighted by Gasteiger charge is 2.21.